The van der Waals surface area contributed by atoms with E-state index in [4.69, 9.17) is 10.1 Å². The lowest BCUT2D eigenvalue weighted by molar-refractivity contribution is -0.205. The second-order valence-corrected chi connectivity index (χ2v) is 7.76. The molecule has 1 aromatic heterocycles. The number of benzene rings is 1. The third-order valence-electron chi connectivity index (χ3n) is 5.31. The average molecular weight is 404 g/mol. The van der Waals surface area contributed by atoms with Crippen LogP contribution in [0.15, 0.2) is 30.3 Å². The maximum absolute atomic E-state index is 10.7. The first-order valence-corrected chi connectivity index (χ1v) is 10.6. The number of hydrogen-bond acceptors (Lipinski definition) is 5. The first-order valence-electron chi connectivity index (χ1n) is 10.6. The van der Waals surface area contributed by atoms with Crippen LogP contribution in [0.4, 0.5) is 0 Å². The number of fused-ring (bicyclic) bond motifs is 1. The van der Waals surface area contributed by atoms with Crippen LogP contribution >= 0.6 is 0 Å². The maximum Gasteiger partial charge on any atom is 0.364 e. The van der Waals surface area contributed by atoms with Crippen molar-refractivity contribution in [3.05, 3.63) is 41.6 Å². The highest BCUT2D eigenvalue weighted by molar-refractivity contribution is 5.79. The van der Waals surface area contributed by atoms with Crippen LogP contribution in [0.25, 0.3) is 10.9 Å². The molecule has 0 amide bonds. The van der Waals surface area contributed by atoms with Crippen LogP contribution in [0.3, 0.4) is 0 Å². The van der Waals surface area contributed by atoms with Crippen LogP contribution in [0.1, 0.15) is 82.1 Å². The van der Waals surface area contributed by atoms with Gasteiger partial charge in [-0.2, -0.15) is 0 Å². The lowest BCUT2D eigenvalue weighted by Gasteiger charge is -2.17. The summed E-state index contributed by atoms with van der Waals surface area (Å²) in [5, 5.41) is 39.1. The molecule has 0 radical (unpaired) electrons. The summed E-state index contributed by atoms with van der Waals surface area (Å²) in [5.74, 6) is -4.25. The summed E-state index contributed by atoms with van der Waals surface area (Å²) in [6.07, 6.45) is 6.75. The van der Waals surface area contributed by atoms with E-state index in [0.717, 1.165) is 67.1 Å². The highest BCUT2D eigenvalue weighted by atomic mass is 16.5. The van der Waals surface area contributed by atoms with Gasteiger partial charge in [-0.15, -0.1) is 0 Å². The van der Waals surface area contributed by atoms with Gasteiger partial charge in [-0.3, -0.25) is 4.98 Å². The van der Waals surface area contributed by atoms with Crippen LogP contribution < -0.4 is 0 Å². The van der Waals surface area contributed by atoms with Crippen LogP contribution in [0.5, 0.6) is 0 Å². The Bertz CT molecular complexity index is 790. The fraction of sp³-hybridized carbons (Fsp3) is 0.565. The van der Waals surface area contributed by atoms with E-state index >= 15 is 0 Å². The molecule has 0 aliphatic carbocycles. The second-order valence-electron chi connectivity index (χ2n) is 7.76. The average Bonchev–Trinajstić information content (AvgIpc) is 2.69. The summed E-state index contributed by atoms with van der Waals surface area (Å²) in [6.45, 7) is 2.14. The minimum atomic E-state index is -2.64. The summed E-state index contributed by atoms with van der Waals surface area (Å²) >= 11 is 0. The molecule has 29 heavy (non-hydrogen) atoms. The molecule has 1 heterocycles. The van der Waals surface area contributed by atoms with E-state index in [1.807, 2.05) is 30.3 Å². The SMILES string of the molecule is CCCCC[C@H](O)c1cc2ccccc2nc1CCCCCCC(O)(O)C(=O)O. The number of aliphatic hydroxyl groups excluding tert-OH is 1. The summed E-state index contributed by atoms with van der Waals surface area (Å²) in [6, 6.07) is 9.95. The predicted octanol–water partition coefficient (Wildman–Crippen LogP) is 4.11. The van der Waals surface area contributed by atoms with Crippen molar-refractivity contribution in [3.63, 3.8) is 0 Å². The molecule has 0 fully saturated rings. The molecule has 0 unspecified atom stereocenters. The molecule has 0 aliphatic rings. The number of para-hydroxylation sites is 1. The number of hydrogen-bond donors (Lipinski definition) is 4. The normalized spacial score (nSPS) is 13.0. The van der Waals surface area contributed by atoms with Crippen LogP contribution in [-0.4, -0.2) is 37.2 Å². The smallest absolute Gasteiger partial charge is 0.364 e. The molecule has 0 saturated heterocycles. The van der Waals surface area contributed by atoms with Crippen molar-refractivity contribution in [2.45, 2.75) is 83.0 Å². The van der Waals surface area contributed by atoms with Gasteiger partial charge in [0.05, 0.1) is 11.6 Å². The first kappa shape index (κ1) is 23.3. The number of nitrogens with zero attached hydrogens (tertiary/aromatic N) is 1. The number of carbonyl (C=O) groups is 1. The number of aromatic nitrogens is 1. The summed E-state index contributed by atoms with van der Waals surface area (Å²) in [5.41, 5.74) is 2.73. The van der Waals surface area contributed by atoms with Crippen molar-refractivity contribution >= 4 is 16.9 Å². The van der Waals surface area contributed by atoms with Gasteiger partial charge in [0.2, 0.25) is 0 Å². The molecule has 2 aromatic rings. The Hall–Kier alpha value is -2.02. The van der Waals surface area contributed by atoms with Gasteiger partial charge in [0.1, 0.15) is 0 Å². The van der Waals surface area contributed by atoms with Crippen molar-refractivity contribution in [1.29, 1.82) is 0 Å². The molecule has 0 spiro atoms. The highest BCUT2D eigenvalue weighted by Gasteiger charge is 2.31. The molecule has 2 rings (SSSR count). The molecule has 1 aromatic carbocycles. The molecular formula is C23H33NO5. The fourth-order valence-corrected chi connectivity index (χ4v) is 3.53. The number of unbranched alkanes of at least 4 members (excludes halogenated alkanes) is 5. The molecule has 160 valence electrons. The largest absolute Gasteiger partial charge is 0.477 e. The minimum Gasteiger partial charge on any atom is -0.477 e. The second kappa shape index (κ2) is 11.2. The fourth-order valence-electron chi connectivity index (χ4n) is 3.53. The van der Waals surface area contributed by atoms with Crippen LogP contribution in [0.2, 0.25) is 0 Å². The summed E-state index contributed by atoms with van der Waals surface area (Å²) in [4.78, 5) is 15.5. The van der Waals surface area contributed by atoms with E-state index in [0.29, 0.717) is 12.8 Å². The van der Waals surface area contributed by atoms with Crippen molar-refractivity contribution in [3.8, 4) is 0 Å². The lowest BCUT2D eigenvalue weighted by atomic mass is 9.96. The molecule has 0 aliphatic heterocycles. The number of rotatable bonds is 13. The minimum absolute atomic E-state index is 0.183. The Kier molecular flexibility index (Phi) is 9.01. The van der Waals surface area contributed by atoms with Crippen molar-refractivity contribution in [2.75, 3.05) is 0 Å². The Labute approximate surface area is 172 Å². The van der Waals surface area contributed by atoms with Gasteiger partial charge < -0.3 is 20.4 Å². The lowest BCUT2D eigenvalue weighted by Crippen LogP contribution is -2.37. The van der Waals surface area contributed by atoms with Gasteiger partial charge in [0.15, 0.2) is 0 Å². The van der Waals surface area contributed by atoms with Gasteiger partial charge >= 0.3 is 5.97 Å². The number of carboxylic acids is 1. The maximum atomic E-state index is 10.7. The Morgan fingerprint density at radius 1 is 1.07 bits per heavy atom. The van der Waals surface area contributed by atoms with Gasteiger partial charge in [-0.1, -0.05) is 57.2 Å². The molecule has 0 bridgehead atoms. The van der Waals surface area contributed by atoms with Crippen LogP contribution in [0, 0.1) is 0 Å². The topological polar surface area (TPSA) is 111 Å². The number of aryl methyl sites for hydroxylation is 1. The van der Waals surface area contributed by atoms with Gasteiger partial charge in [-0.05, 0) is 37.8 Å². The van der Waals surface area contributed by atoms with Gasteiger partial charge in [0, 0.05) is 23.1 Å². The van der Waals surface area contributed by atoms with E-state index in [-0.39, 0.29) is 6.42 Å². The third kappa shape index (κ3) is 7.07. The predicted molar refractivity (Wildman–Crippen MR) is 112 cm³/mol. The molecule has 4 N–H and O–H groups in total. The van der Waals surface area contributed by atoms with Crippen molar-refractivity contribution in [1.82, 2.24) is 4.98 Å². The number of aliphatic hydroxyl groups is 3. The summed E-state index contributed by atoms with van der Waals surface area (Å²) < 4.78 is 0. The zero-order valence-corrected chi connectivity index (χ0v) is 17.2. The highest BCUT2D eigenvalue weighted by Crippen LogP contribution is 2.27. The Morgan fingerprint density at radius 2 is 1.79 bits per heavy atom. The number of aliphatic carboxylic acids is 1. The molecule has 6 heteroatoms. The van der Waals surface area contributed by atoms with E-state index < -0.39 is 17.9 Å². The monoisotopic (exact) mass is 403 g/mol. The molecule has 0 saturated carbocycles. The molecule has 1 atom stereocenters. The van der Waals surface area contributed by atoms with Crippen LogP contribution in [-0.2, 0) is 11.2 Å². The van der Waals surface area contributed by atoms with E-state index in [1.54, 1.807) is 0 Å². The standard InChI is InChI=1S/C23H33NO5/c1-2-3-6-14-21(25)18-16-17-11-8-9-12-19(17)24-20(18)13-7-4-5-10-15-23(28,29)22(26)27/h8-9,11-12,16,21,25,28-29H,2-7,10,13-15H2,1H3,(H,26,27)/t21-/m0/s1. The first-order chi connectivity index (χ1) is 13.8. The number of carboxylic acid groups (broad SMARTS) is 1. The van der Waals surface area contributed by atoms with E-state index in [9.17, 15) is 20.1 Å². The Morgan fingerprint density at radius 3 is 2.52 bits per heavy atom. The zero-order valence-electron chi connectivity index (χ0n) is 17.2. The quantitative estimate of drug-likeness (QED) is 0.296. The molecular weight excluding hydrogens is 370 g/mol. The van der Waals surface area contributed by atoms with Gasteiger partial charge in [-0.25, -0.2) is 4.79 Å². The third-order valence-corrected chi connectivity index (χ3v) is 5.31. The zero-order chi connectivity index (χ0) is 21.3. The van der Waals surface area contributed by atoms with E-state index in [2.05, 4.69) is 6.92 Å². The summed E-state index contributed by atoms with van der Waals surface area (Å²) in [7, 11) is 0. The molecule has 6 nitrogen and oxygen atoms in total. The van der Waals surface area contributed by atoms with Crippen molar-refractivity contribution < 1.29 is 25.2 Å². The van der Waals surface area contributed by atoms with E-state index in [1.165, 1.54) is 0 Å². The number of pyridine rings is 1. The van der Waals surface area contributed by atoms with Crippen molar-refractivity contribution in [2.24, 2.45) is 0 Å². The van der Waals surface area contributed by atoms with Gasteiger partial charge in [0.25, 0.3) is 5.79 Å². The Balaban J connectivity index is 1.97.